The van der Waals surface area contributed by atoms with E-state index in [0.717, 1.165) is 31.2 Å². The molecule has 1 rings (SSSR count). The molecule has 96 valence electrons. The van der Waals surface area contributed by atoms with Gasteiger partial charge in [-0.3, -0.25) is 0 Å². The summed E-state index contributed by atoms with van der Waals surface area (Å²) in [6.07, 6.45) is 4.14. The zero-order chi connectivity index (χ0) is 12.8. The van der Waals surface area contributed by atoms with E-state index in [1.165, 1.54) is 6.07 Å². The van der Waals surface area contributed by atoms with Crippen molar-refractivity contribution in [3.05, 3.63) is 17.7 Å². The van der Waals surface area contributed by atoms with Crippen LogP contribution in [0.25, 0.3) is 0 Å². The first-order valence-electron chi connectivity index (χ1n) is 6.26. The molecule has 0 aromatic heterocycles. The maximum atomic E-state index is 9.79. The number of hydrogen-bond donors (Lipinski definition) is 2. The van der Waals surface area contributed by atoms with Gasteiger partial charge in [0.05, 0.1) is 6.10 Å². The van der Waals surface area contributed by atoms with Gasteiger partial charge in [-0.2, -0.15) is 0 Å². The van der Waals surface area contributed by atoms with Crippen LogP contribution in [0, 0.1) is 0 Å². The van der Waals surface area contributed by atoms with Crippen molar-refractivity contribution in [2.24, 2.45) is 0 Å². The lowest BCUT2D eigenvalue weighted by Gasteiger charge is -2.16. The van der Waals surface area contributed by atoms with Crippen molar-refractivity contribution in [2.75, 3.05) is 0 Å². The highest BCUT2D eigenvalue weighted by atomic mass is 16.5. The molecule has 0 amide bonds. The molecule has 0 saturated carbocycles. The lowest BCUT2D eigenvalue weighted by atomic mass is 10.1. The maximum Gasteiger partial charge on any atom is 0.164 e. The normalized spacial score (nSPS) is 10.8. The zero-order valence-corrected chi connectivity index (χ0v) is 10.9. The third-order valence-electron chi connectivity index (χ3n) is 2.53. The summed E-state index contributed by atoms with van der Waals surface area (Å²) in [4.78, 5) is 0. The highest BCUT2D eigenvalue weighted by Gasteiger charge is 2.12. The van der Waals surface area contributed by atoms with Gasteiger partial charge in [-0.1, -0.05) is 19.8 Å². The Bertz CT molecular complexity index is 359. The van der Waals surface area contributed by atoms with Crippen molar-refractivity contribution in [1.82, 2.24) is 0 Å². The molecule has 3 nitrogen and oxygen atoms in total. The highest BCUT2D eigenvalue weighted by Crippen LogP contribution is 2.36. The molecule has 1 aromatic rings. The minimum Gasteiger partial charge on any atom is -0.508 e. The molecule has 0 unspecified atom stereocenters. The summed E-state index contributed by atoms with van der Waals surface area (Å²) in [5.74, 6) is 0.615. The van der Waals surface area contributed by atoms with Crippen LogP contribution < -0.4 is 4.74 Å². The Labute approximate surface area is 103 Å². The summed E-state index contributed by atoms with van der Waals surface area (Å²) in [5, 5.41) is 19.3. The molecule has 0 aliphatic carbocycles. The monoisotopic (exact) mass is 238 g/mol. The second-order valence-corrected chi connectivity index (χ2v) is 4.58. The number of benzene rings is 1. The van der Waals surface area contributed by atoms with E-state index in [1.54, 1.807) is 6.07 Å². The summed E-state index contributed by atoms with van der Waals surface area (Å²) in [5.41, 5.74) is 0.879. The van der Waals surface area contributed by atoms with Crippen molar-refractivity contribution in [2.45, 2.75) is 52.6 Å². The van der Waals surface area contributed by atoms with Crippen LogP contribution in [0.1, 0.15) is 45.6 Å². The minimum absolute atomic E-state index is 0.00960. The standard InChI is InChI=1S/C14H22O3/c1-4-5-6-7-11-8-12(15)9-13(16)14(11)17-10(2)3/h8-10,15-16H,4-7H2,1-3H3. The lowest BCUT2D eigenvalue weighted by Crippen LogP contribution is -2.07. The van der Waals surface area contributed by atoms with E-state index in [0.29, 0.717) is 5.75 Å². The number of hydrogen-bond acceptors (Lipinski definition) is 3. The average Bonchev–Trinajstić information content (AvgIpc) is 2.23. The summed E-state index contributed by atoms with van der Waals surface area (Å²) < 4.78 is 5.60. The molecular formula is C14H22O3. The van der Waals surface area contributed by atoms with E-state index in [2.05, 4.69) is 6.92 Å². The van der Waals surface area contributed by atoms with Gasteiger partial charge >= 0.3 is 0 Å². The van der Waals surface area contributed by atoms with Gasteiger partial charge in [-0.25, -0.2) is 0 Å². The maximum absolute atomic E-state index is 9.79. The van der Waals surface area contributed by atoms with Crippen LogP contribution in [0.15, 0.2) is 12.1 Å². The molecule has 0 bridgehead atoms. The molecular weight excluding hydrogens is 216 g/mol. The molecule has 0 aliphatic rings. The van der Waals surface area contributed by atoms with E-state index < -0.39 is 0 Å². The van der Waals surface area contributed by atoms with E-state index in [1.807, 2.05) is 13.8 Å². The number of aromatic hydroxyl groups is 2. The van der Waals surface area contributed by atoms with Gasteiger partial charge in [-0.05, 0) is 32.8 Å². The van der Waals surface area contributed by atoms with E-state index >= 15 is 0 Å². The zero-order valence-electron chi connectivity index (χ0n) is 10.9. The molecule has 0 fully saturated rings. The predicted octanol–water partition coefficient (Wildman–Crippen LogP) is 3.62. The molecule has 0 aliphatic heterocycles. The van der Waals surface area contributed by atoms with Crippen LogP contribution >= 0.6 is 0 Å². The molecule has 2 N–H and O–H groups in total. The fourth-order valence-corrected chi connectivity index (χ4v) is 1.78. The number of rotatable bonds is 6. The van der Waals surface area contributed by atoms with Crippen LogP contribution in [-0.4, -0.2) is 16.3 Å². The third-order valence-corrected chi connectivity index (χ3v) is 2.53. The highest BCUT2D eigenvalue weighted by molar-refractivity contribution is 5.50. The molecule has 17 heavy (non-hydrogen) atoms. The first-order chi connectivity index (χ1) is 8.04. The van der Waals surface area contributed by atoms with Crippen molar-refractivity contribution >= 4 is 0 Å². The Balaban J connectivity index is 2.90. The van der Waals surface area contributed by atoms with Crippen molar-refractivity contribution in [3.63, 3.8) is 0 Å². The van der Waals surface area contributed by atoms with E-state index in [4.69, 9.17) is 4.74 Å². The second-order valence-electron chi connectivity index (χ2n) is 4.58. The number of ether oxygens (including phenoxy) is 1. The SMILES string of the molecule is CCCCCc1cc(O)cc(O)c1OC(C)C. The van der Waals surface area contributed by atoms with Crippen molar-refractivity contribution < 1.29 is 14.9 Å². The molecule has 0 heterocycles. The van der Waals surface area contributed by atoms with Crippen molar-refractivity contribution in [3.8, 4) is 17.2 Å². The average molecular weight is 238 g/mol. The number of phenolic OH excluding ortho intramolecular Hbond substituents is 2. The second kappa shape index (κ2) is 6.38. The van der Waals surface area contributed by atoms with Gasteiger partial charge in [0.25, 0.3) is 0 Å². The Kier molecular flexibility index (Phi) is 5.13. The fourth-order valence-electron chi connectivity index (χ4n) is 1.78. The van der Waals surface area contributed by atoms with Crippen LogP contribution in [0.5, 0.6) is 17.2 Å². The summed E-state index contributed by atoms with van der Waals surface area (Å²) >= 11 is 0. The molecule has 0 atom stereocenters. The van der Waals surface area contributed by atoms with Gasteiger partial charge < -0.3 is 14.9 Å². The summed E-state index contributed by atoms with van der Waals surface area (Å²) in [7, 11) is 0. The largest absolute Gasteiger partial charge is 0.508 e. The first kappa shape index (κ1) is 13.7. The van der Waals surface area contributed by atoms with Gasteiger partial charge in [0.15, 0.2) is 11.5 Å². The smallest absolute Gasteiger partial charge is 0.164 e. The van der Waals surface area contributed by atoms with Crippen LogP contribution in [0.2, 0.25) is 0 Å². The molecule has 0 radical (unpaired) electrons. The van der Waals surface area contributed by atoms with E-state index in [-0.39, 0.29) is 17.6 Å². The topological polar surface area (TPSA) is 49.7 Å². The fraction of sp³-hybridized carbons (Fsp3) is 0.571. The van der Waals surface area contributed by atoms with E-state index in [9.17, 15) is 10.2 Å². The number of aryl methyl sites for hydroxylation is 1. The van der Waals surface area contributed by atoms with Gasteiger partial charge in [0.2, 0.25) is 0 Å². The summed E-state index contributed by atoms with van der Waals surface area (Å²) in [6.45, 7) is 5.98. The molecule has 1 aromatic carbocycles. The van der Waals surface area contributed by atoms with Gasteiger partial charge in [-0.15, -0.1) is 0 Å². The van der Waals surface area contributed by atoms with Crippen molar-refractivity contribution in [1.29, 1.82) is 0 Å². The number of unbranched alkanes of at least 4 members (excludes halogenated alkanes) is 2. The predicted molar refractivity (Wildman–Crippen MR) is 68.8 cm³/mol. The van der Waals surface area contributed by atoms with Gasteiger partial charge in [0, 0.05) is 11.6 Å². The third kappa shape index (κ3) is 4.17. The quantitative estimate of drug-likeness (QED) is 0.744. The molecule has 0 saturated heterocycles. The van der Waals surface area contributed by atoms with Crippen LogP contribution in [0.4, 0.5) is 0 Å². The van der Waals surface area contributed by atoms with Crippen LogP contribution in [0.3, 0.4) is 0 Å². The van der Waals surface area contributed by atoms with Gasteiger partial charge in [0.1, 0.15) is 5.75 Å². The Morgan fingerprint density at radius 1 is 1.18 bits per heavy atom. The number of phenols is 2. The Hall–Kier alpha value is -1.38. The summed E-state index contributed by atoms with van der Waals surface area (Å²) in [6, 6.07) is 2.99. The molecule has 3 heteroatoms. The minimum atomic E-state index is 0.00960. The molecule has 0 spiro atoms. The van der Waals surface area contributed by atoms with Crippen LogP contribution in [-0.2, 0) is 6.42 Å². The lowest BCUT2D eigenvalue weighted by molar-refractivity contribution is 0.228. The first-order valence-corrected chi connectivity index (χ1v) is 6.26. The Morgan fingerprint density at radius 3 is 2.47 bits per heavy atom. The Morgan fingerprint density at radius 2 is 1.88 bits per heavy atom.